The zero-order valence-electron chi connectivity index (χ0n) is 15.9. The Morgan fingerprint density at radius 2 is 1.86 bits per heavy atom. The summed E-state index contributed by atoms with van der Waals surface area (Å²) in [6.07, 6.45) is 3.17. The van der Waals surface area contributed by atoms with Crippen molar-refractivity contribution >= 4 is 15.8 Å². The molecule has 10 heteroatoms. The number of hydrogen-bond donors (Lipinski definition) is 1. The van der Waals surface area contributed by atoms with Crippen LogP contribution in [0, 0.1) is 6.92 Å². The van der Waals surface area contributed by atoms with E-state index in [4.69, 9.17) is 9.15 Å². The van der Waals surface area contributed by atoms with E-state index in [1.165, 1.54) is 18.4 Å². The molecule has 1 fully saturated rings. The van der Waals surface area contributed by atoms with Gasteiger partial charge in [-0.15, -0.1) is 0 Å². The first kappa shape index (κ1) is 19.5. The summed E-state index contributed by atoms with van der Waals surface area (Å²) in [6.45, 7) is 4.55. The zero-order valence-corrected chi connectivity index (χ0v) is 16.7. The minimum Gasteiger partial charge on any atom is -0.449 e. The van der Waals surface area contributed by atoms with Gasteiger partial charge in [-0.05, 0) is 18.2 Å². The van der Waals surface area contributed by atoms with Crippen LogP contribution in [0.25, 0.3) is 11.3 Å². The van der Waals surface area contributed by atoms with Crippen LogP contribution in [0.5, 0.6) is 0 Å². The van der Waals surface area contributed by atoms with Crippen LogP contribution in [0.2, 0.25) is 0 Å². The number of aromatic nitrogens is 3. The van der Waals surface area contributed by atoms with E-state index in [0.29, 0.717) is 30.6 Å². The lowest BCUT2D eigenvalue weighted by Gasteiger charge is -2.27. The van der Waals surface area contributed by atoms with E-state index in [0.717, 1.165) is 24.5 Å². The van der Waals surface area contributed by atoms with Gasteiger partial charge in [0.05, 0.1) is 24.7 Å². The van der Waals surface area contributed by atoms with Crippen molar-refractivity contribution in [3.05, 3.63) is 54.5 Å². The minimum atomic E-state index is -3.70. The van der Waals surface area contributed by atoms with Gasteiger partial charge < -0.3 is 14.1 Å². The van der Waals surface area contributed by atoms with Crippen LogP contribution >= 0.6 is 0 Å². The largest absolute Gasteiger partial charge is 0.449 e. The maximum atomic E-state index is 12.6. The molecule has 0 amide bonds. The van der Waals surface area contributed by atoms with Crippen molar-refractivity contribution in [2.24, 2.45) is 0 Å². The van der Waals surface area contributed by atoms with E-state index in [2.05, 4.69) is 24.6 Å². The van der Waals surface area contributed by atoms with Gasteiger partial charge in [-0.3, -0.25) is 0 Å². The van der Waals surface area contributed by atoms with Crippen molar-refractivity contribution in [2.75, 3.05) is 31.2 Å². The predicted molar refractivity (Wildman–Crippen MR) is 106 cm³/mol. The first-order valence-corrected chi connectivity index (χ1v) is 10.7. The number of benzene rings is 1. The maximum Gasteiger partial charge on any atom is 0.240 e. The molecule has 0 aliphatic carbocycles. The second kappa shape index (κ2) is 8.27. The van der Waals surface area contributed by atoms with E-state index in [-0.39, 0.29) is 11.4 Å². The lowest BCUT2D eigenvalue weighted by atomic mass is 10.2. The average Bonchev–Trinajstić information content (AvgIpc) is 3.20. The zero-order chi connectivity index (χ0) is 20.3. The number of nitrogens with one attached hydrogen (secondary N) is 1. The minimum absolute atomic E-state index is 0.00471. The van der Waals surface area contributed by atoms with E-state index in [9.17, 15) is 8.42 Å². The van der Waals surface area contributed by atoms with Gasteiger partial charge >= 0.3 is 0 Å². The van der Waals surface area contributed by atoms with Crippen LogP contribution in [0.1, 0.15) is 11.7 Å². The van der Waals surface area contributed by atoms with Crippen LogP contribution in [0.15, 0.2) is 52.1 Å². The van der Waals surface area contributed by atoms with Crippen LogP contribution in [0.4, 0.5) is 5.82 Å². The van der Waals surface area contributed by atoms with Gasteiger partial charge in [-0.1, -0.05) is 12.1 Å². The van der Waals surface area contributed by atoms with E-state index in [1.54, 1.807) is 25.3 Å². The Hall–Kier alpha value is -2.82. The maximum absolute atomic E-state index is 12.6. The molecule has 0 radical (unpaired) electrons. The third-order valence-electron chi connectivity index (χ3n) is 4.53. The van der Waals surface area contributed by atoms with Crippen molar-refractivity contribution in [3.63, 3.8) is 0 Å². The fraction of sp³-hybridized carbons (Fsp3) is 0.316. The molecule has 0 unspecified atom stereocenters. The Morgan fingerprint density at radius 3 is 2.55 bits per heavy atom. The van der Waals surface area contributed by atoms with Gasteiger partial charge in [0.2, 0.25) is 10.0 Å². The molecule has 0 saturated carbocycles. The van der Waals surface area contributed by atoms with Crippen LogP contribution in [-0.2, 0) is 21.3 Å². The molecule has 1 saturated heterocycles. The van der Waals surface area contributed by atoms with Gasteiger partial charge in [0, 0.05) is 31.8 Å². The molecule has 1 N–H and O–H groups in total. The molecular formula is C19H21N5O4S. The summed E-state index contributed by atoms with van der Waals surface area (Å²) in [6, 6.07) is 8.27. The van der Waals surface area contributed by atoms with Crippen molar-refractivity contribution in [1.82, 2.24) is 19.7 Å². The third kappa shape index (κ3) is 4.61. The molecule has 1 aliphatic heterocycles. The molecule has 0 spiro atoms. The van der Waals surface area contributed by atoms with Gasteiger partial charge in [-0.25, -0.2) is 28.1 Å². The summed E-state index contributed by atoms with van der Waals surface area (Å²) >= 11 is 0. The first-order chi connectivity index (χ1) is 14.0. The lowest BCUT2D eigenvalue weighted by molar-refractivity contribution is 0.122. The molecular weight excluding hydrogens is 394 g/mol. The van der Waals surface area contributed by atoms with Crippen LogP contribution in [0.3, 0.4) is 0 Å². The summed E-state index contributed by atoms with van der Waals surface area (Å²) in [5.41, 5.74) is 1.44. The highest BCUT2D eigenvalue weighted by Crippen LogP contribution is 2.21. The molecule has 29 heavy (non-hydrogen) atoms. The van der Waals surface area contributed by atoms with Crippen molar-refractivity contribution in [2.45, 2.75) is 18.4 Å². The van der Waals surface area contributed by atoms with Gasteiger partial charge in [0.15, 0.2) is 5.89 Å². The van der Waals surface area contributed by atoms with Gasteiger partial charge in [0.25, 0.3) is 0 Å². The van der Waals surface area contributed by atoms with E-state index in [1.807, 2.05) is 6.07 Å². The Labute approximate surface area is 168 Å². The van der Waals surface area contributed by atoms with Crippen molar-refractivity contribution < 1.29 is 17.6 Å². The monoisotopic (exact) mass is 415 g/mol. The molecule has 0 atom stereocenters. The summed E-state index contributed by atoms with van der Waals surface area (Å²) < 4.78 is 38.3. The number of aryl methyl sites for hydroxylation is 1. The standard InChI is InChI=1S/C19H21N5O4S/c1-14-22-17(13-28-14)15-2-4-16(5-3-15)29(25,26)21-12-18-20-7-6-19(23-18)24-8-10-27-11-9-24/h2-7,13,21H,8-12H2,1H3. The summed E-state index contributed by atoms with van der Waals surface area (Å²) in [4.78, 5) is 15.1. The molecule has 9 nitrogen and oxygen atoms in total. The molecule has 2 aromatic heterocycles. The van der Waals surface area contributed by atoms with Crippen molar-refractivity contribution in [3.8, 4) is 11.3 Å². The second-order valence-electron chi connectivity index (χ2n) is 6.53. The molecule has 1 aliphatic rings. The Morgan fingerprint density at radius 1 is 1.10 bits per heavy atom. The summed E-state index contributed by atoms with van der Waals surface area (Å²) in [5, 5.41) is 0. The molecule has 152 valence electrons. The first-order valence-electron chi connectivity index (χ1n) is 9.18. The highest BCUT2D eigenvalue weighted by atomic mass is 32.2. The number of rotatable bonds is 6. The fourth-order valence-electron chi connectivity index (χ4n) is 2.99. The fourth-order valence-corrected chi connectivity index (χ4v) is 3.97. The molecule has 1 aromatic carbocycles. The SMILES string of the molecule is Cc1nc(-c2ccc(S(=O)(=O)NCc3nccc(N4CCOCC4)n3)cc2)co1. The number of oxazole rings is 1. The Kier molecular flexibility index (Phi) is 5.56. The van der Waals surface area contributed by atoms with E-state index < -0.39 is 10.0 Å². The topological polar surface area (TPSA) is 110 Å². The number of sulfonamides is 1. The molecule has 0 bridgehead atoms. The molecule has 3 heterocycles. The Bertz CT molecular complexity index is 1080. The van der Waals surface area contributed by atoms with E-state index >= 15 is 0 Å². The average molecular weight is 415 g/mol. The van der Waals surface area contributed by atoms with Crippen molar-refractivity contribution in [1.29, 1.82) is 0 Å². The molecule has 3 aromatic rings. The summed E-state index contributed by atoms with van der Waals surface area (Å²) in [5.74, 6) is 1.73. The number of anilines is 1. The lowest BCUT2D eigenvalue weighted by Crippen LogP contribution is -2.37. The molecule has 4 rings (SSSR count). The normalized spacial score (nSPS) is 14.9. The number of morpholine rings is 1. The predicted octanol–water partition coefficient (Wildman–Crippen LogP) is 1.76. The second-order valence-corrected chi connectivity index (χ2v) is 8.30. The highest BCUT2D eigenvalue weighted by molar-refractivity contribution is 7.89. The smallest absolute Gasteiger partial charge is 0.240 e. The van der Waals surface area contributed by atoms with Crippen LogP contribution < -0.4 is 9.62 Å². The Balaban J connectivity index is 1.43. The van der Waals surface area contributed by atoms with Gasteiger partial charge in [0.1, 0.15) is 23.6 Å². The number of hydrogen-bond acceptors (Lipinski definition) is 8. The number of nitrogens with zero attached hydrogens (tertiary/aromatic N) is 4. The quantitative estimate of drug-likeness (QED) is 0.648. The third-order valence-corrected chi connectivity index (χ3v) is 5.94. The van der Waals surface area contributed by atoms with Crippen LogP contribution in [-0.4, -0.2) is 49.7 Å². The highest BCUT2D eigenvalue weighted by Gasteiger charge is 2.17. The van der Waals surface area contributed by atoms with Gasteiger partial charge in [-0.2, -0.15) is 0 Å². The summed E-state index contributed by atoms with van der Waals surface area (Å²) in [7, 11) is -3.70. The number of ether oxygens (including phenoxy) is 1.